The van der Waals surface area contributed by atoms with Crippen LogP contribution >= 0.6 is 0 Å². The molecule has 4 rings (SSSR count). The maximum atomic E-state index is 5.87. The lowest BCUT2D eigenvalue weighted by Gasteiger charge is -2.19. The zero-order chi connectivity index (χ0) is 22.0. The van der Waals surface area contributed by atoms with Crippen LogP contribution in [0, 0.1) is 11.8 Å². The van der Waals surface area contributed by atoms with Crippen molar-refractivity contribution in [2.45, 2.75) is 26.2 Å². The number of fused-ring (bicyclic) bond motifs is 1. The summed E-state index contributed by atoms with van der Waals surface area (Å²) in [6, 6.07) is 20.2. The number of hydrogen-bond donors (Lipinski definition) is 0. The van der Waals surface area contributed by atoms with E-state index in [1.807, 2.05) is 42.7 Å². The van der Waals surface area contributed by atoms with Gasteiger partial charge in [-0.05, 0) is 41.3 Å². The number of hydrogen-bond acceptors (Lipinski definition) is 3. The summed E-state index contributed by atoms with van der Waals surface area (Å²) in [5.41, 5.74) is 6.08. The summed E-state index contributed by atoms with van der Waals surface area (Å²) in [5, 5.41) is 1.10. The zero-order valence-corrected chi connectivity index (χ0v) is 18.6. The Morgan fingerprint density at radius 2 is 1.48 bits per heavy atom. The van der Waals surface area contributed by atoms with Crippen LogP contribution in [0.1, 0.15) is 37.5 Å². The minimum atomic E-state index is 0.0630. The van der Waals surface area contributed by atoms with Gasteiger partial charge < -0.3 is 13.9 Å². The Kier molecular flexibility index (Phi) is 5.48. The Bertz CT molecular complexity index is 1270. The van der Waals surface area contributed by atoms with Crippen LogP contribution in [-0.4, -0.2) is 14.2 Å². The van der Waals surface area contributed by atoms with E-state index in [0.29, 0.717) is 11.5 Å². The molecule has 0 bridgehead atoms. The largest absolute Gasteiger partial charge is 0.497 e. The fourth-order valence-electron chi connectivity index (χ4n) is 3.55. The molecule has 0 aliphatic heterocycles. The Hall–Kier alpha value is -3.64. The molecule has 1 heterocycles. The molecule has 0 fully saturated rings. The summed E-state index contributed by atoms with van der Waals surface area (Å²) < 4.78 is 16.6. The first kappa shape index (κ1) is 20.6. The van der Waals surface area contributed by atoms with Gasteiger partial charge in [-0.1, -0.05) is 56.9 Å². The molecule has 0 aliphatic rings. The maximum absolute atomic E-state index is 5.87. The van der Waals surface area contributed by atoms with E-state index in [1.54, 1.807) is 14.2 Å². The lowest BCUT2D eigenvalue weighted by Crippen LogP contribution is -2.10. The van der Waals surface area contributed by atoms with E-state index in [4.69, 9.17) is 13.9 Å². The standard InChI is InChI=1S/C28H26O3/c1-28(2,3)21-12-13-27-25(16-21)26(18-31-27)24-9-7-6-8-20(24)11-10-19-14-22(29-4)17-23(15-19)30-5/h6-9,12-18H,1-5H3. The average molecular weight is 411 g/mol. The fraction of sp³-hybridized carbons (Fsp3) is 0.214. The highest BCUT2D eigenvalue weighted by molar-refractivity contribution is 5.96. The molecule has 31 heavy (non-hydrogen) atoms. The lowest BCUT2D eigenvalue weighted by molar-refractivity contribution is 0.394. The smallest absolute Gasteiger partial charge is 0.134 e. The Labute approximate surface area is 183 Å². The van der Waals surface area contributed by atoms with E-state index >= 15 is 0 Å². The molecule has 3 aromatic carbocycles. The lowest BCUT2D eigenvalue weighted by atomic mass is 9.86. The molecule has 1 aromatic heterocycles. The van der Waals surface area contributed by atoms with Gasteiger partial charge in [0.1, 0.15) is 17.1 Å². The summed E-state index contributed by atoms with van der Waals surface area (Å²) in [4.78, 5) is 0. The molecule has 0 unspecified atom stereocenters. The summed E-state index contributed by atoms with van der Waals surface area (Å²) in [5.74, 6) is 8.01. The Morgan fingerprint density at radius 3 is 2.16 bits per heavy atom. The van der Waals surface area contributed by atoms with Crippen molar-refractivity contribution in [3.63, 3.8) is 0 Å². The van der Waals surface area contributed by atoms with Gasteiger partial charge in [0.25, 0.3) is 0 Å². The fourth-order valence-corrected chi connectivity index (χ4v) is 3.55. The Morgan fingerprint density at radius 1 is 0.774 bits per heavy atom. The molecule has 0 amide bonds. The summed E-state index contributed by atoms with van der Waals surface area (Å²) in [7, 11) is 3.27. The SMILES string of the molecule is COc1cc(C#Cc2ccccc2-c2coc3ccc(C(C)(C)C)cc23)cc(OC)c1. The average Bonchev–Trinajstić information content (AvgIpc) is 3.20. The van der Waals surface area contributed by atoms with Crippen LogP contribution in [0.3, 0.4) is 0 Å². The van der Waals surface area contributed by atoms with Crippen LogP contribution in [0.15, 0.2) is 71.3 Å². The van der Waals surface area contributed by atoms with Crippen molar-refractivity contribution in [2.24, 2.45) is 0 Å². The van der Waals surface area contributed by atoms with Crippen molar-refractivity contribution in [1.82, 2.24) is 0 Å². The molecule has 0 radical (unpaired) electrons. The molecule has 0 saturated heterocycles. The molecule has 156 valence electrons. The monoisotopic (exact) mass is 410 g/mol. The topological polar surface area (TPSA) is 31.6 Å². The second kappa shape index (κ2) is 8.24. The molecule has 0 atom stereocenters. The predicted octanol–water partition coefficient (Wildman–Crippen LogP) is 6.81. The van der Waals surface area contributed by atoms with E-state index in [2.05, 4.69) is 56.9 Å². The highest BCUT2D eigenvalue weighted by atomic mass is 16.5. The van der Waals surface area contributed by atoms with Gasteiger partial charge in [-0.25, -0.2) is 0 Å². The minimum absolute atomic E-state index is 0.0630. The molecule has 3 nitrogen and oxygen atoms in total. The zero-order valence-electron chi connectivity index (χ0n) is 18.6. The molecular formula is C28H26O3. The second-order valence-electron chi connectivity index (χ2n) is 8.51. The van der Waals surface area contributed by atoms with Crippen LogP contribution in [-0.2, 0) is 5.41 Å². The summed E-state index contributed by atoms with van der Waals surface area (Å²) >= 11 is 0. The first-order chi connectivity index (χ1) is 14.9. The van der Waals surface area contributed by atoms with Crippen molar-refractivity contribution in [2.75, 3.05) is 14.2 Å². The third-order valence-corrected chi connectivity index (χ3v) is 5.35. The van der Waals surface area contributed by atoms with Gasteiger partial charge in [-0.2, -0.15) is 0 Å². The summed E-state index contributed by atoms with van der Waals surface area (Å²) in [6.07, 6.45) is 1.83. The highest BCUT2D eigenvalue weighted by Crippen LogP contribution is 2.35. The van der Waals surface area contributed by atoms with Crippen molar-refractivity contribution in [3.05, 3.63) is 83.6 Å². The second-order valence-corrected chi connectivity index (χ2v) is 8.51. The Balaban J connectivity index is 1.81. The van der Waals surface area contributed by atoms with Crippen molar-refractivity contribution in [3.8, 4) is 34.5 Å². The predicted molar refractivity (Wildman–Crippen MR) is 126 cm³/mol. The van der Waals surface area contributed by atoms with Crippen LogP contribution < -0.4 is 9.47 Å². The van der Waals surface area contributed by atoms with Crippen molar-refractivity contribution >= 4 is 11.0 Å². The molecule has 0 saturated carbocycles. The number of rotatable bonds is 3. The van der Waals surface area contributed by atoms with Gasteiger partial charge in [0.05, 0.1) is 20.5 Å². The molecule has 0 aliphatic carbocycles. The highest BCUT2D eigenvalue weighted by Gasteiger charge is 2.17. The normalized spacial score (nSPS) is 11.1. The maximum Gasteiger partial charge on any atom is 0.134 e. The first-order valence-electron chi connectivity index (χ1n) is 10.3. The number of ether oxygens (including phenoxy) is 2. The van der Waals surface area contributed by atoms with Gasteiger partial charge in [-0.3, -0.25) is 0 Å². The minimum Gasteiger partial charge on any atom is -0.497 e. The summed E-state index contributed by atoms with van der Waals surface area (Å²) in [6.45, 7) is 6.65. The van der Waals surface area contributed by atoms with Crippen LogP contribution in [0.2, 0.25) is 0 Å². The third-order valence-electron chi connectivity index (χ3n) is 5.35. The van der Waals surface area contributed by atoms with Crippen molar-refractivity contribution in [1.29, 1.82) is 0 Å². The molecule has 4 aromatic rings. The number of methoxy groups -OCH3 is 2. The first-order valence-corrected chi connectivity index (χ1v) is 10.3. The van der Waals surface area contributed by atoms with Crippen LogP contribution in [0.25, 0.3) is 22.1 Å². The molecule has 0 spiro atoms. The van der Waals surface area contributed by atoms with E-state index in [1.165, 1.54) is 5.56 Å². The van der Waals surface area contributed by atoms with Crippen molar-refractivity contribution < 1.29 is 13.9 Å². The van der Waals surface area contributed by atoms with Gasteiger partial charge >= 0.3 is 0 Å². The van der Waals surface area contributed by atoms with Gasteiger partial charge in [0.2, 0.25) is 0 Å². The van der Waals surface area contributed by atoms with Gasteiger partial charge in [-0.15, -0.1) is 0 Å². The number of furan rings is 1. The molecular weight excluding hydrogens is 384 g/mol. The van der Waals surface area contributed by atoms with E-state index in [9.17, 15) is 0 Å². The third kappa shape index (κ3) is 4.29. The van der Waals surface area contributed by atoms with Crippen LogP contribution in [0.5, 0.6) is 11.5 Å². The van der Waals surface area contributed by atoms with E-state index < -0.39 is 0 Å². The van der Waals surface area contributed by atoms with E-state index in [0.717, 1.165) is 33.2 Å². The van der Waals surface area contributed by atoms with Gasteiger partial charge in [0.15, 0.2) is 0 Å². The quantitative estimate of drug-likeness (QED) is 0.348. The van der Waals surface area contributed by atoms with E-state index in [-0.39, 0.29) is 5.41 Å². The van der Waals surface area contributed by atoms with Gasteiger partial charge in [0, 0.05) is 33.7 Å². The molecule has 3 heteroatoms. The van der Waals surface area contributed by atoms with Crippen LogP contribution in [0.4, 0.5) is 0 Å². The molecule has 0 N–H and O–H groups in total. The number of benzene rings is 3.